The van der Waals surface area contributed by atoms with Gasteiger partial charge in [0.05, 0.1) is 12.6 Å². The summed E-state index contributed by atoms with van der Waals surface area (Å²) in [4.78, 5) is 41.0. The van der Waals surface area contributed by atoms with E-state index in [1.807, 2.05) is 4.90 Å². The number of hydrogen-bond acceptors (Lipinski definition) is 7. The molecular weight excluding hydrogens is 404 g/mol. The number of nitrogens with one attached hydrogen (secondary N) is 1. The zero-order valence-corrected chi connectivity index (χ0v) is 18.0. The van der Waals surface area contributed by atoms with Crippen molar-refractivity contribution in [2.75, 3.05) is 31.2 Å². The van der Waals surface area contributed by atoms with Gasteiger partial charge in [-0.3, -0.25) is 14.4 Å². The normalized spacial score (nSPS) is 15.9. The van der Waals surface area contributed by atoms with Gasteiger partial charge in [-0.2, -0.15) is 0 Å². The van der Waals surface area contributed by atoms with Gasteiger partial charge in [0.25, 0.3) is 0 Å². The van der Waals surface area contributed by atoms with Crippen molar-refractivity contribution in [2.45, 2.75) is 57.4 Å². The zero-order chi connectivity index (χ0) is 19.9. The molecule has 3 amide bonds. The Labute approximate surface area is 174 Å². The monoisotopic (exact) mass is 438 g/mol. The first-order valence-corrected chi connectivity index (χ1v) is 11.9. The summed E-state index contributed by atoms with van der Waals surface area (Å²) in [6, 6.07) is 0.129. The maximum absolute atomic E-state index is 12.2. The molecule has 0 saturated carbocycles. The van der Waals surface area contributed by atoms with Crippen LogP contribution in [0, 0.1) is 0 Å². The number of nitrogens with zero attached hydrogens (tertiary/aromatic N) is 1. The molecule has 0 spiro atoms. The van der Waals surface area contributed by atoms with E-state index in [9.17, 15) is 14.4 Å². The minimum Gasteiger partial charge on any atom is -0.412 e. The van der Waals surface area contributed by atoms with Crippen molar-refractivity contribution in [2.24, 2.45) is 11.6 Å². The minimum atomic E-state index is -0.324. The van der Waals surface area contributed by atoms with E-state index in [0.717, 1.165) is 37.3 Å². The fraction of sp³-hybridized carbons (Fsp3) is 0.824. The van der Waals surface area contributed by atoms with Gasteiger partial charge in [-0.15, -0.1) is 0 Å². The van der Waals surface area contributed by atoms with Gasteiger partial charge in [0.1, 0.15) is 0 Å². The molecule has 1 fully saturated rings. The van der Waals surface area contributed by atoms with Crippen LogP contribution >= 0.6 is 21.6 Å². The van der Waals surface area contributed by atoms with Gasteiger partial charge in [0.15, 0.2) is 0 Å². The number of primary amides is 1. The lowest BCUT2D eigenvalue weighted by Gasteiger charge is -2.23. The van der Waals surface area contributed by atoms with E-state index in [1.165, 1.54) is 0 Å². The molecule has 0 bridgehead atoms. The number of rotatable bonds is 15. The molecule has 1 aliphatic rings. The third-order valence-corrected chi connectivity index (χ3v) is 6.77. The predicted molar refractivity (Wildman–Crippen MR) is 113 cm³/mol. The third-order valence-electron chi connectivity index (χ3n) is 4.27. The topological polar surface area (TPSA) is 159 Å². The third kappa shape index (κ3) is 12.4. The molecule has 0 radical (unpaired) electrons. The highest BCUT2D eigenvalue weighted by molar-refractivity contribution is 8.76. The van der Waals surface area contributed by atoms with Gasteiger partial charge < -0.3 is 26.3 Å². The first-order chi connectivity index (χ1) is 13.0. The molecule has 28 heavy (non-hydrogen) atoms. The molecule has 1 unspecified atom stereocenters. The fourth-order valence-electron chi connectivity index (χ4n) is 2.90. The van der Waals surface area contributed by atoms with Crippen LogP contribution in [0.25, 0.3) is 0 Å². The summed E-state index contributed by atoms with van der Waals surface area (Å²) in [6.45, 7) is 1.84. The molecule has 1 aliphatic heterocycles. The van der Waals surface area contributed by atoms with Crippen molar-refractivity contribution in [3.05, 3.63) is 0 Å². The van der Waals surface area contributed by atoms with E-state index in [0.29, 0.717) is 45.3 Å². The summed E-state index contributed by atoms with van der Waals surface area (Å²) in [7, 11) is 3.42. The van der Waals surface area contributed by atoms with Gasteiger partial charge in [-0.25, -0.2) is 5.90 Å². The maximum Gasteiger partial charge on any atom is 0.222 e. The van der Waals surface area contributed by atoms with Crippen LogP contribution in [0.15, 0.2) is 0 Å². The summed E-state index contributed by atoms with van der Waals surface area (Å²) in [5.74, 6) is 6.73. The van der Waals surface area contributed by atoms with Crippen LogP contribution in [-0.4, -0.2) is 65.3 Å². The van der Waals surface area contributed by atoms with Gasteiger partial charge in [-0.05, 0) is 32.1 Å². The van der Waals surface area contributed by atoms with E-state index in [-0.39, 0.29) is 29.2 Å². The van der Waals surface area contributed by atoms with Gasteiger partial charge in [0, 0.05) is 43.9 Å². The first-order valence-electron chi connectivity index (χ1n) is 9.45. The van der Waals surface area contributed by atoms with Crippen molar-refractivity contribution in [1.29, 1.82) is 0 Å². The number of amides is 3. The van der Waals surface area contributed by atoms with E-state index >= 15 is 0 Å². The van der Waals surface area contributed by atoms with Crippen LogP contribution in [0.4, 0.5) is 0 Å². The first kappa shape index (κ1) is 27.0. The van der Waals surface area contributed by atoms with Crippen molar-refractivity contribution in [3.8, 4) is 0 Å². The number of hydrogen-bond donors (Lipinski definition) is 3. The number of nitrogens with two attached hydrogens (primary N) is 2. The van der Waals surface area contributed by atoms with Crippen LogP contribution < -0.4 is 16.9 Å². The largest absolute Gasteiger partial charge is 0.412 e. The molecule has 9 nitrogen and oxygen atoms in total. The summed E-state index contributed by atoms with van der Waals surface area (Å²) in [6.07, 6.45) is 5.47. The summed E-state index contributed by atoms with van der Waals surface area (Å²) < 4.78 is 0. The highest BCUT2D eigenvalue weighted by atomic mass is 33.1. The van der Waals surface area contributed by atoms with Gasteiger partial charge in [-0.1, -0.05) is 21.6 Å². The van der Waals surface area contributed by atoms with Crippen LogP contribution in [-0.2, 0) is 19.2 Å². The number of likely N-dealkylation sites (tertiary alicyclic amines) is 1. The quantitative estimate of drug-likeness (QED) is 0.189. The van der Waals surface area contributed by atoms with Gasteiger partial charge >= 0.3 is 0 Å². The smallest absolute Gasteiger partial charge is 0.222 e. The average molecular weight is 439 g/mol. The minimum absolute atomic E-state index is 0. The Balaban J connectivity index is 0.00000729. The molecular formula is C17H34N4O5S2. The zero-order valence-electron chi connectivity index (χ0n) is 16.3. The number of unbranched alkanes of at least 4 members (excludes halogenated alkanes) is 1. The summed E-state index contributed by atoms with van der Waals surface area (Å²) in [5.41, 5.74) is 5.05. The molecule has 1 atom stereocenters. The second kappa shape index (κ2) is 16.9. The maximum atomic E-state index is 12.2. The fourth-order valence-corrected chi connectivity index (χ4v) is 4.89. The SMILES string of the molecule is NOCC1CCCN1C(=O)CCCSSCCNC(=O)CCCCC(N)=O.O. The molecule has 164 valence electrons. The lowest BCUT2D eigenvalue weighted by Crippen LogP contribution is -2.38. The van der Waals surface area contributed by atoms with Crippen LogP contribution in [0.1, 0.15) is 51.4 Å². The lowest BCUT2D eigenvalue weighted by molar-refractivity contribution is -0.133. The highest BCUT2D eigenvalue weighted by Gasteiger charge is 2.28. The van der Waals surface area contributed by atoms with Crippen LogP contribution in [0.5, 0.6) is 0 Å². The van der Waals surface area contributed by atoms with E-state index in [1.54, 1.807) is 21.6 Å². The molecule has 1 saturated heterocycles. The van der Waals surface area contributed by atoms with E-state index < -0.39 is 0 Å². The van der Waals surface area contributed by atoms with Gasteiger partial charge in [0.2, 0.25) is 17.7 Å². The Morgan fingerprint density at radius 1 is 1.07 bits per heavy atom. The Bertz CT molecular complexity index is 471. The van der Waals surface area contributed by atoms with Crippen LogP contribution in [0.2, 0.25) is 0 Å². The standard InChI is InChI=1S/C17H32N4O4S2.H2O/c18-15(22)6-1-2-7-16(23)20-9-12-27-26-11-4-8-17(24)21-10-3-5-14(21)13-25-19;/h14H,1-13,19H2,(H2,18,22)(H,20,23);1H2. The lowest BCUT2D eigenvalue weighted by atomic mass is 10.2. The number of carbonyl (C=O) groups excluding carboxylic acids is 3. The number of carbonyl (C=O) groups is 3. The highest BCUT2D eigenvalue weighted by Crippen LogP contribution is 2.23. The summed E-state index contributed by atoms with van der Waals surface area (Å²) in [5, 5.41) is 2.86. The van der Waals surface area contributed by atoms with Crippen molar-refractivity contribution in [3.63, 3.8) is 0 Å². The Kier molecular flexibility index (Phi) is 16.3. The van der Waals surface area contributed by atoms with Crippen molar-refractivity contribution in [1.82, 2.24) is 10.2 Å². The molecule has 1 heterocycles. The summed E-state index contributed by atoms with van der Waals surface area (Å²) >= 11 is 0. The second-order valence-corrected chi connectivity index (χ2v) is 9.19. The molecule has 0 aromatic heterocycles. The molecule has 0 aromatic rings. The molecule has 11 heteroatoms. The predicted octanol–water partition coefficient (Wildman–Crippen LogP) is 0.366. The van der Waals surface area contributed by atoms with E-state index in [2.05, 4.69) is 5.32 Å². The average Bonchev–Trinajstić information content (AvgIpc) is 3.09. The van der Waals surface area contributed by atoms with Crippen LogP contribution in [0.3, 0.4) is 0 Å². The molecule has 0 aromatic carbocycles. The second-order valence-electron chi connectivity index (χ2n) is 6.49. The van der Waals surface area contributed by atoms with Crippen molar-refractivity contribution < 1.29 is 24.7 Å². The Hall–Kier alpha value is -1.01. The van der Waals surface area contributed by atoms with E-state index in [4.69, 9.17) is 16.5 Å². The van der Waals surface area contributed by atoms with Crippen molar-refractivity contribution >= 4 is 39.3 Å². The Morgan fingerprint density at radius 2 is 1.79 bits per heavy atom. The molecule has 7 N–H and O–H groups in total. The molecule has 0 aliphatic carbocycles. The Morgan fingerprint density at radius 3 is 2.50 bits per heavy atom. The molecule has 1 rings (SSSR count).